The van der Waals surface area contributed by atoms with Gasteiger partial charge in [0.2, 0.25) is 0 Å². The molecule has 0 aromatic heterocycles. The number of nitrogens with zero attached hydrogens (tertiary/aromatic N) is 2. The molecule has 2 aromatic rings. The highest BCUT2D eigenvalue weighted by atomic mass is 16.6. The molecule has 1 saturated heterocycles. The zero-order valence-corrected chi connectivity index (χ0v) is 22.7. The van der Waals surface area contributed by atoms with Crippen molar-refractivity contribution in [3.8, 4) is 0 Å². The number of methoxy groups -OCH3 is 2. The van der Waals surface area contributed by atoms with E-state index in [4.69, 9.17) is 9.47 Å². The zero-order valence-electron chi connectivity index (χ0n) is 22.7. The Kier molecular flexibility index (Phi) is 10.7. The number of rotatable bonds is 12. The monoisotopic (exact) mass is 556 g/mol. The molecule has 12 heteroatoms. The smallest absolute Gasteiger partial charge is 0.328 e. The molecule has 0 saturated carbocycles. The number of hydrogen-bond acceptors (Lipinski definition) is 8. The van der Waals surface area contributed by atoms with Gasteiger partial charge in [-0.05, 0) is 11.1 Å². The molecule has 216 valence electrons. The maximum Gasteiger partial charge on any atom is 0.328 e. The summed E-state index contributed by atoms with van der Waals surface area (Å²) in [7, 11) is 2.44. The summed E-state index contributed by atoms with van der Waals surface area (Å²) in [6.45, 7) is -1.69. The molecule has 2 amide bonds. The van der Waals surface area contributed by atoms with Gasteiger partial charge in [-0.1, -0.05) is 60.7 Å². The quantitative estimate of drug-likeness (QED) is 0.217. The van der Waals surface area contributed by atoms with Crippen molar-refractivity contribution in [2.24, 2.45) is 0 Å². The van der Waals surface area contributed by atoms with E-state index in [9.17, 15) is 29.6 Å². The third-order valence-electron chi connectivity index (χ3n) is 6.90. The first-order valence-electron chi connectivity index (χ1n) is 13.0. The minimum atomic E-state index is -0.965. The van der Waals surface area contributed by atoms with Crippen LogP contribution in [0.3, 0.4) is 0 Å². The van der Waals surface area contributed by atoms with Crippen LogP contribution in [0.2, 0.25) is 0 Å². The van der Waals surface area contributed by atoms with E-state index >= 15 is 0 Å². The van der Waals surface area contributed by atoms with Crippen LogP contribution in [0.5, 0.6) is 0 Å². The predicted molar refractivity (Wildman–Crippen MR) is 145 cm³/mol. The van der Waals surface area contributed by atoms with Gasteiger partial charge in [0, 0.05) is 12.8 Å². The molecule has 12 nitrogen and oxygen atoms in total. The minimum Gasteiger partial charge on any atom is -0.632 e. The molecule has 40 heavy (non-hydrogen) atoms. The molecule has 1 aliphatic rings. The van der Waals surface area contributed by atoms with Crippen LogP contribution in [0.4, 0.5) is 0 Å². The molecule has 1 heterocycles. The van der Waals surface area contributed by atoms with Crippen LogP contribution < -0.4 is 10.6 Å². The minimum absolute atomic E-state index is 0.184. The van der Waals surface area contributed by atoms with Crippen molar-refractivity contribution in [1.82, 2.24) is 10.6 Å². The van der Waals surface area contributed by atoms with Gasteiger partial charge in [-0.2, -0.15) is 0 Å². The Morgan fingerprint density at radius 2 is 1.00 bits per heavy atom. The average Bonchev–Trinajstić information content (AvgIpc) is 2.94. The summed E-state index contributed by atoms with van der Waals surface area (Å²) in [5.74, 6) is -2.53. The van der Waals surface area contributed by atoms with Crippen molar-refractivity contribution >= 4 is 23.8 Å². The number of nitrogens with one attached hydrogen (secondary N) is 2. The highest BCUT2D eigenvalue weighted by Crippen LogP contribution is 2.18. The Labute approximate surface area is 233 Å². The molecule has 0 aliphatic carbocycles. The van der Waals surface area contributed by atoms with E-state index in [1.165, 1.54) is 14.2 Å². The van der Waals surface area contributed by atoms with Crippen molar-refractivity contribution in [3.63, 3.8) is 0 Å². The summed E-state index contributed by atoms with van der Waals surface area (Å²) in [6.07, 6.45) is 0.398. The van der Waals surface area contributed by atoms with Crippen molar-refractivity contribution in [2.45, 2.75) is 24.9 Å². The molecule has 0 spiro atoms. The number of esters is 2. The Hall–Kier alpha value is -3.84. The SMILES string of the molecule is COC(=O)[C@H](Cc1ccccc1)NC(=O)C[N+]1([O-])CC[N+]([O-])(CC(=O)N[C@@H](Cc2ccccc2)C(=O)OC)CC1. The molecule has 0 unspecified atom stereocenters. The summed E-state index contributed by atoms with van der Waals surface area (Å²) < 4.78 is 7.70. The number of benzene rings is 2. The van der Waals surface area contributed by atoms with E-state index in [1.54, 1.807) is 0 Å². The molecule has 2 atom stereocenters. The summed E-state index contributed by atoms with van der Waals surface area (Å²) >= 11 is 0. The number of ether oxygens (including phenoxy) is 2. The lowest BCUT2D eigenvalue weighted by atomic mass is 10.1. The maximum absolute atomic E-state index is 13.2. The van der Waals surface area contributed by atoms with Crippen LogP contribution in [-0.4, -0.2) is 98.6 Å². The third kappa shape index (κ3) is 9.12. The molecule has 2 N–H and O–H groups in total. The Balaban J connectivity index is 1.53. The predicted octanol–water partition coefficient (Wildman–Crippen LogP) is 0.430. The first kappa shape index (κ1) is 30.7. The van der Waals surface area contributed by atoms with Crippen LogP contribution in [0.15, 0.2) is 60.7 Å². The molecule has 0 bridgehead atoms. The van der Waals surface area contributed by atoms with Crippen LogP contribution in [0.25, 0.3) is 0 Å². The summed E-state index contributed by atoms with van der Waals surface area (Å²) in [6, 6.07) is 16.2. The lowest BCUT2D eigenvalue weighted by molar-refractivity contribution is -0.982. The lowest BCUT2D eigenvalue weighted by Crippen LogP contribution is -2.66. The average molecular weight is 557 g/mol. The van der Waals surface area contributed by atoms with Crippen LogP contribution in [0, 0.1) is 10.4 Å². The first-order chi connectivity index (χ1) is 19.0. The van der Waals surface area contributed by atoms with Crippen molar-refractivity contribution in [3.05, 3.63) is 82.2 Å². The van der Waals surface area contributed by atoms with Gasteiger partial charge >= 0.3 is 11.9 Å². The third-order valence-corrected chi connectivity index (χ3v) is 6.90. The second-order valence-corrected chi connectivity index (χ2v) is 9.99. The summed E-state index contributed by atoms with van der Waals surface area (Å²) in [4.78, 5) is 49.9. The highest BCUT2D eigenvalue weighted by molar-refractivity contribution is 5.86. The molecule has 1 aliphatic heterocycles. The standard InChI is InChI=1S/C28H36N4O8/c1-39-27(35)23(17-21-9-5-3-6-10-21)29-25(33)19-31(37)13-15-32(38,16-14-31)20-26(34)30-24(28(36)40-2)18-22-11-7-4-8-12-22/h3-12,23-24H,13-20H2,1-2H3,(H,29,33)(H,30,34)/t23-,24-,31?,32?/m0/s1. The van der Waals surface area contributed by atoms with E-state index in [1.807, 2.05) is 60.7 Å². The highest BCUT2D eigenvalue weighted by Gasteiger charge is 2.37. The fraction of sp³-hybridized carbons (Fsp3) is 0.429. The molecule has 1 fully saturated rings. The van der Waals surface area contributed by atoms with Crippen molar-refractivity contribution in [2.75, 3.05) is 53.5 Å². The molecule has 3 rings (SSSR count). The van der Waals surface area contributed by atoms with Crippen LogP contribution in [-0.2, 0) is 41.5 Å². The topological polar surface area (TPSA) is 157 Å². The number of carbonyl (C=O) groups excluding carboxylic acids is 4. The van der Waals surface area contributed by atoms with Crippen molar-refractivity contribution in [1.29, 1.82) is 0 Å². The first-order valence-corrected chi connectivity index (χ1v) is 13.0. The van der Waals surface area contributed by atoms with Gasteiger partial charge in [-0.3, -0.25) is 9.59 Å². The van der Waals surface area contributed by atoms with Crippen LogP contribution >= 0.6 is 0 Å². The lowest BCUT2D eigenvalue weighted by Gasteiger charge is -2.53. The van der Waals surface area contributed by atoms with E-state index < -0.39 is 58.2 Å². The Morgan fingerprint density at radius 3 is 1.30 bits per heavy atom. The Bertz CT molecular complexity index is 1060. The molecule has 2 aromatic carbocycles. The van der Waals surface area contributed by atoms with Crippen molar-refractivity contribution < 1.29 is 37.9 Å². The normalized spacial score (nSPS) is 21.9. The van der Waals surface area contributed by atoms with Gasteiger partial charge in [-0.15, -0.1) is 0 Å². The van der Waals surface area contributed by atoms with E-state index in [0.29, 0.717) is 0 Å². The van der Waals surface area contributed by atoms with Gasteiger partial charge in [0.15, 0.2) is 13.1 Å². The van der Waals surface area contributed by atoms with Gasteiger partial charge < -0.3 is 39.8 Å². The van der Waals surface area contributed by atoms with Gasteiger partial charge in [-0.25, -0.2) is 9.59 Å². The summed E-state index contributed by atoms with van der Waals surface area (Å²) in [5.41, 5.74) is 1.62. The number of amides is 2. The second kappa shape index (κ2) is 14.0. The van der Waals surface area contributed by atoms with E-state index in [-0.39, 0.29) is 39.0 Å². The fourth-order valence-electron chi connectivity index (χ4n) is 4.64. The van der Waals surface area contributed by atoms with Crippen LogP contribution in [0.1, 0.15) is 11.1 Å². The number of carbonyl (C=O) groups is 4. The van der Waals surface area contributed by atoms with E-state index in [0.717, 1.165) is 11.1 Å². The molecular weight excluding hydrogens is 520 g/mol. The zero-order chi connectivity index (χ0) is 29.2. The molecular formula is C28H36N4O8. The van der Waals surface area contributed by atoms with E-state index in [2.05, 4.69) is 10.6 Å². The van der Waals surface area contributed by atoms with Gasteiger partial charge in [0.1, 0.15) is 38.3 Å². The second-order valence-electron chi connectivity index (χ2n) is 9.99. The molecule has 0 radical (unpaired) electrons. The maximum atomic E-state index is 13.2. The number of quaternary nitrogens is 2. The fourth-order valence-corrected chi connectivity index (χ4v) is 4.64. The summed E-state index contributed by atoms with van der Waals surface area (Å²) in [5, 5.41) is 31.6. The number of piperazine rings is 1. The number of hydrogen-bond donors (Lipinski definition) is 2. The van der Waals surface area contributed by atoms with Gasteiger partial charge in [0.25, 0.3) is 11.8 Å². The Morgan fingerprint density at radius 1 is 0.675 bits per heavy atom. The largest absolute Gasteiger partial charge is 0.632 e. The van der Waals surface area contributed by atoms with Gasteiger partial charge in [0.05, 0.1) is 14.2 Å². The number of hydroxylamine groups is 6.